The van der Waals surface area contributed by atoms with Gasteiger partial charge in [-0.05, 0) is 18.6 Å². The molecule has 1 N–H and O–H groups in total. The van der Waals surface area contributed by atoms with E-state index in [4.69, 9.17) is 4.74 Å². The zero-order chi connectivity index (χ0) is 11.8. The first kappa shape index (κ1) is 11.3. The predicted octanol–water partition coefficient (Wildman–Crippen LogP) is 2.45. The Morgan fingerprint density at radius 2 is 2.25 bits per heavy atom. The number of anilines is 1. The van der Waals surface area contributed by atoms with E-state index in [2.05, 4.69) is 24.1 Å². The van der Waals surface area contributed by atoms with Crippen LogP contribution in [0.2, 0.25) is 0 Å². The Balaban J connectivity index is 2.02. The highest BCUT2D eigenvalue weighted by Gasteiger charge is 2.48. The molecule has 2 rings (SSSR count). The minimum atomic E-state index is -0.453. The lowest BCUT2D eigenvalue weighted by atomic mass is 9.64. The second-order valence-electron chi connectivity index (χ2n) is 4.82. The molecule has 0 radical (unpaired) electrons. The molecule has 1 aromatic rings. The van der Waals surface area contributed by atoms with E-state index in [1.807, 2.05) is 0 Å². The molecular formula is C12H17FN2O. The van der Waals surface area contributed by atoms with Gasteiger partial charge in [0, 0.05) is 18.6 Å². The summed E-state index contributed by atoms with van der Waals surface area (Å²) >= 11 is 0. The summed E-state index contributed by atoms with van der Waals surface area (Å²) in [5, 5.41) is 3.24. The second-order valence-corrected chi connectivity index (χ2v) is 4.82. The fraction of sp³-hybridized carbons (Fsp3) is 0.583. The average molecular weight is 224 g/mol. The summed E-state index contributed by atoms with van der Waals surface area (Å²) in [6.07, 6.45) is 1.19. The Bertz CT molecular complexity index is 381. The van der Waals surface area contributed by atoms with E-state index in [1.54, 1.807) is 19.2 Å². The fourth-order valence-corrected chi connectivity index (χ4v) is 2.20. The van der Waals surface area contributed by atoms with Gasteiger partial charge in [-0.2, -0.15) is 4.39 Å². The molecule has 88 valence electrons. The summed E-state index contributed by atoms with van der Waals surface area (Å²) in [7, 11) is 1.73. The van der Waals surface area contributed by atoms with E-state index in [-0.39, 0.29) is 17.6 Å². The summed E-state index contributed by atoms with van der Waals surface area (Å²) in [5.74, 6) is 0.137. The Morgan fingerprint density at radius 1 is 1.50 bits per heavy atom. The molecule has 16 heavy (non-hydrogen) atoms. The van der Waals surface area contributed by atoms with Crippen LogP contribution in [-0.2, 0) is 4.74 Å². The van der Waals surface area contributed by atoms with Crippen molar-refractivity contribution < 1.29 is 9.13 Å². The Hall–Kier alpha value is -1.16. The number of hydrogen-bond acceptors (Lipinski definition) is 3. The van der Waals surface area contributed by atoms with Crippen LogP contribution in [0, 0.1) is 11.4 Å². The molecule has 1 fully saturated rings. The van der Waals surface area contributed by atoms with Gasteiger partial charge in [-0.3, -0.25) is 0 Å². The van der Waals surface area contributed by atoms with Gasteiger partial charge in [-0.15, -0.1) is 0 Å². The van der Waals surface area contributed by atoms with E-state index in [0.717, 1.165) is 6.42 Å². The summed E-state index contributed by atoms with van der Waals surface area (Å²) in [6.45, 7) is 4.28. The number of ether oxygens (including phenoxy) is 1. The molecular weight excluding hydrogens is 207 g/mol. The molecule has 1 aliphatic carbocycles. The Kier molecular flexibility index (Phi) is 2.84. The molecule has 0 spiro atoms. The van der Waals surface area contributed by atoms with E-state index in [9.17, 15) is 4.39 Å². The molecule has 1 aromatic heterocycles. The van der Waals surface area contributed by atoms with Gasteiger partial charge in [0.1, 0.15) is 5.82 Å². The van der Waals surface area contributed by atoms with Gasteiger partial charge in [0.05, 0.1) is 6.10 Å². The van der Waals surface area contributed by atoms with Crippen molar-refractivity contribution in [2.24, 2.45) is 5.41 Å². The largest absolute Gasteiger partial charge is 0.381 e. The van der Waals surface area contributed by atoms with Gasteiger partial charge in [-0.1, -0.05) is 19.9 Å². The molecule has 1 aliphatic rings. The zero-order valence-electron chi connectivity index (χ0n) is 9.83. The lowest BCUT2D eigenvalue weighted by Crippen LogP contribution is -2.57. The van der Waals surface area contributed by atoms with E-state index in [0.29, 0.717) is 5.82 Å². The van der Waals surface area contributed by atoms with E-state index in [1.165, 1.54) is 6.07 Å². The lowest BCUT2D eigenvalue weighted by Gasteiger charge is -2.51. The second kappa shape index (κ2) is 4.01. The fourth-order valence-electron chi connectivity index (χ4n) is 2.20. The number of nitrogens with zero attached hydrogens (tertiary/aromatic N) is 1. The van der Waals surface area contributed by atoms with Crippen LogP contribution >= 0.6 is 0 Å². The summed E-state index contributed by atoms with van der Waals surface area (Å²) in [5.41, 5.74) is 0.0583. The van der Waals surface area contributed by atoms with Crippen molar-refractivity contribution in [3.63, 3.8) is 0 Å². The van der Waals surface area contributed by atoms with Crippen molar-refractivity contribution in [2.45, 2.75) is 32.4 Å². The predicted molar refractivity (Wildman–Crippen MR) is 60.8 cm³/mol. The molecule has 0 aromatic carbocycles. The van der Waals surface area contributed by atoms with Crippen LogP contribution in [0.15, 0.2) is 18.2 Å². The lowest BCUT2D eigenvalue weighted by molar-refractivity contribution is -0.0795. The third-order valence-corrected chi connectivity index (χ3v) is 3.50. The molecule has 0 bridgehead atoms. The SMILES string of the molecule is COC1CC(Nc2cccc(F)n2)C1(C)C. The number of methoxy groups -OCH3 is 1. The van der Waals surface area contributed by atoms with Gasteiger partial charge >= 0.3 is 0 Å². The van der Waals surface area contributed by atoms with Gasteiger partial charge < -0.3 is 10.1 Å². The minimum absolute atomic E-state index is 0.0583. The minimum Gasteiger partial charge on any atom is -0.381 e. The van der Waals surface area contributed by atoms with Crippen molar-refractivity contribution >= 4 is 5.82 Å². The summed E-state index contributed by atoms with van der Waals surface area (Å²) < 4.78 is 18.3. The molecule has 3 nitrogen and oxygen atoms in total. The molecule has 0 saturated heterocycles. The zero-order valence-corrected chi connectivity index (χ0v) is 9.83. The molecule has 1 saturated carbocycles. The van der Waals surface area contributed by atoms with Gasteiger partial charge in [0.25, 0.3) is 0 Å². The first-order valence-electron chi connectivity index (χ1n) is 5.46. The Morgan fingerprint density at radius 3 is 2.81 bits per heavy atom. The number of hydrogen-bond donors (Lipinski definition) is 1. The van der Waals surface area contributed by atoms with Crippen LogP contribution in [-0.4, -0.2) is 24.2 Å². The number of pyridine rings is 1. The number of rotatable bonds is 3. The van der Waals surface area contributed by atoms with Crippen LogP contribution in [0.1, 0.15) is 20.3 Å². The molecule has 0 amide bonds. The van der Waals surface area contributed by atoms with Gasteiger partial charge in [-0.25, -0.2) is 4.98 Å². The third kappa shape index (κ3) is 1.89. The molecule has 4 heteroatoms. The third-order valence-electron chi connectivity index (χ3n) is 3.50. The Labute approximate surface area is 95.0 Å². The van der Waals surface area contributed by atoms with Gasteiger partial charge in [0.15, 0.2) is 0 Å². The highest BCUT2D eigenvalue weighted by molar-refractivity contribution is 5.37. The number of aromatic nitrogens is 1. The first-order chi connectivity index (χ1) is 7.54. The number of nitrogens with one attached hydrogen (secondary N) is 1. The molecule has 1 heterocycles. The molecule has 2 unspecified atom stereocenters. The van der Waals surface area contributed by atoms with Crippen LogP contribution in [0.4, 0.5) is 10.2 Å². The highest BCUT2D eigenvalue weighted by Crippen LogP contribution is 2.43. The maximum Gasteiger partial charge on any atom is 0.214 e. The maximum absolute atomic E-state index is 12.9. The summed E-state index contributed by atoms with van der Waals surface area (Å²) in [6, 6.07) is 5.06. The van der Waals surface area contributed by atoms with Crippen molar-refractivity contribution in [1.29, 1.82) is 0 Å². The quantitative estimate of drug-likeness (QED) is 0.801. The standard InChI is InChI=1S/C12H17FN2O/c1-12(2)8(7-9(12)16-3)14-11-6-4-5-10(13)15-11/h4-6,8-9H,7H2,1-3H3,(H,14,15). The monoisotopic (exact) mass is 224 g/mol. The normalized spacial score (nSPS) is 27.2. The molecule has 2 atom stereocenters. The van der Waals surface area contributed by atoms with Crippen LogP contribution in [0.5, 0.6) is 0 Å². The van der Waals surface area contributed by atoms with Gasteiger partial charge in [0.2, 0.25) is 5.95 Å². The smallest absolute Gasteiger partial charge is 0.214 e. The van der Waals surface area contributed by atoms with Crippen LogP contribution in [0.25, 0.3) is 0 Å². The van der Waals surface area contributed by atoms with Crippen LogP contribution < -0.4 is 5.32 Å². The highest BCUT2D eigenvalue weighted by atomic mass is 19.1. The maximum atomic E-state index is 12.9. The van der Waals surface area contributed by atoms with E-state index >= 15 is 0 Å². The number of halogens is 1. The van der Waals surface area contributed by atoms with Crippen molar-refractivity contribution in [3.8, 4) is 0 Å². The first-order valence-corrected chi connectivity index (χ1v) is 5.46. The summed E-state index contributed by atoms with van der Waals surface area (Å²) in [4.78, 5) is 3.79. The van der Waals surface area contributed by atoms with E-state index < -0.39 is 5.95 Å². The average Bonchev–Trinajstić information content (AvgIpc) is 2.23. The topological polar surface area (TPSA) is 34.1 Å². The van der Waals surface area contributed by atoms with Crippen LogP contribution in [0.3, 0.4) is 0 Å². The van der Waals surface area contributed by atoms with Crippen molar-refractivity contribution in [1.82, 2.24) is 4.98 Å². The van der Waals surface area contributed by atoms with Crippen molar-refractivity contribution in [2.75, 3.05) is 12.4 Å². The van der Waals surface area contributed by atoms with Crippen molar-refractivity contribution in [3.05, 3.63) is 24.1 Å². The molecule has 0 aliphatic heterocycles.